The van der Waals surface area contributed by atoms with E-state index in [2.05, 4.69) is 6.58 Å². The lowest BCUT2D eigenvalue weighted by Crippen LogP contribution is -2.23. The minimum Gasteiger partial charge on any atom is -0.460 e. The van der Waals surface area contributed by atoms with Crippen molar-refractivity contribution in [1.82, 2.24) is 0 Å². The van der Waals surface area contributed by atoms with Gasteiger partial charge < -0.3 is 4.74 Å². The van der Waals surface area contributed by atoms with Crippen molar-refractivity contribution in [3.05, 3.63) is 12.7 Å². The van der Waals surface area contributed by atoms with Crippen LogP contribution in [0.4, 0.5) is 0 Å². The van der Waals surface area contributed by atoms with Gasteiger partial charge in [-0.25, -0.2) is 0 Å². The average Bonchev–Trinajstić information content (AvgIpc) is 2.63. The highest BCUT2D eigenvalue weighted by Gasteiger charge is 2.34. The van der Waals surface area contributed by atoms with Gasteiger partial charge in [0.1, 0.15) is 18.3 Å². The van der Waals surface area contributed by atoms with Crippen LogP contribution in [0.5, 0.6) is 0 Å². The molecule has 4 heteroatoms. The van der Waals surface area contributed by atoms with Crippen molar-refractivity contribution >= 4 is 11.8 Å². The highest BCUT2D eigenvalue weighted by atomic mass is 16.5. The van der Waals surface area contributed by atoms with E-state index in [-0.39, 0.29) is 18.3 Å². The lowest BCUT2D eigenvalue weighted by molar-refractivity contribution is -0.146. The Bertz CT molecular complexity index is 316. The highest BCUT2D eigenvalue weighted by Crippen LogP contribution is 2.29. The third kappa shape index (κ3) is 2.91. The number of rotatable bonds is 4. The first kappa shape index (κ1) is 11.4. The summed E-state index contributed by atoms with van der Waals surface area (Å²) in [7, 11) is 0. The molecule has 1 aliphatic carbocycles. The number of Topliss-reactive ketones (excluding diaryl/α,β-unsaturated/α-hetero) is 1. The Morgan fingerprint density at radius 2 is 2.53 bits per heavy atom. The van der Waals surface area contributed by atoms with Crippen molar-refractivity contribution in [3.63, 3.8) is 0 Å². The third-order valence-electron chi connectivity index (χ3n) is 2.49. The molecule has 0 spiro atoms. The lowest BCUT2D eigenvalue weighted by Gasteiger charge is -2.13. The summed E-state index contributed by atoms with van der Waals surface area (Å²) >= 11 is 0. The second-order valence-electron chi connectivity index (χ2n) is 3.57. The topological polar surface area (TPSA) is 67.2 Å². The number of carbonyl (C=O) groups is 2. The number of esters is 1. The third-order valence-corrected chi connectivity index (χ3v) is 2.49. The fourth-order valence-corrected chi connectivity index (χ4v) is 1.71. The molecular weight excluding hydrogens is 194 g/mol. The largest absolute Gasteiger partial charge is 0.460 e. The molecule has 0 aromatic carbocycles. The number of carbonyl (C=O) groups excluding carboxylic acids is 2. The molecule has 1 fully saturated rings. The molecule has 0 aliphatic heterocycles. The van der Waals surface area contributed by atoms with Gasteiger partial charge in [-0.3, -0.25) is 9.59 Å². The van der Waals surface area contributed by atoms with Crippen molar-refractivity contribution in [1.29, 1.82) is 5.26 Å². The fourth-order valence-electron chi connectivity index (χ4n) is 1.71. The van der Waals surface area contributed by atoms with Gasteiger partial charge in [-0.05, 0) is 12.3 Å². The van der Waals surface area contributed by atoms with E-state index in [9.17, 15) is 9.59 Å². The maximum atomic E-state index is 11.4. The van der Waals surface area contributed by atoms with E-state index in [1.54, 1.807) is 0 Å². The molecule has 15 heavy (non-hydrogen) atoms. The summed E-state index contributed by atoms with van der Waals surface area (Å²) in [4.78, 5) is 22.5. The molecule has 0 N–H and O–H groups in total. The molecule has 2 atom stereocenters. The molecule has 0 aromatic heterocycles. The standard InChI is InChI=1S/C11H13NO3/c1-2-5-15-11(14)10(7-12)8-3-4-9(13)6-8/h2,8,10H,1,3-6H2. The monoisotopic (exact) mass is 207 g/mol. The molecule has 2 unspecified atom stereocenters. The number of hydrogen-bond acceptors (Lipinski definition) is 4. The number of ketones is 1. The second kappa shape index (κ2) is 5.30. The van der Waals surface area contributed by atoms with Crippen LogP contribution < -0.4 is 0 Å². The maximum Gasteiger partial charge on any atom is 0.323 e. The number of nitrogens with zero attached hydrogens (tertiary/aromatic N) is 1. The normalized spacial score (nSPS) is 21.8. The SMILES string of the molecule is C=CCOC(=O)C(C#N)C1CCC(=O)C1. The van der Waals surface area contributed by atoms with E-state index in [1.807, 2.05) is 6.07 Å². The van der Waals surface area contributed by atoms with Gasteiger partial charge in [0.25, 0.3) is 0 Å². The summed E-state index contributed by atoms with van der Waals surface area (Å²) < 4.78 is 4.80. The van der Waals surface area contributed by atoms with E-state index in [4.69, 9.17) is 10.00 Å². The summed E-state index contributed by atoms with van der Waals surface area (Å²) in [6.07, 6.45) is 2.85. The molecule has 0 radical (unpaired) electrons. The Morgan fingerprint density at radius 3 is 3.00 bits per heavy atom. The van der Waals surface area contributed by atoms with Gasteiger partial charge in [0.2, 0.25) is 0 Å². The Labute approximate surface area is 88.5 Å². The van der Waals surface area contributed by atoms with Gasteiger partial charge in [-0.15, -0.1) is 0 Å². The van der Waals surface area contributed by atoms with Crippen molar-refractivity contribution < 1.29 is 14.3 Å². The summed E-state index contributed by atoms with van der Waals surface area (Å²) in [6.45, 7) is 3.52. The molecule has 0 bridgehead atoms. The first-order valence-electron chi connectivity index (χ1n) is 4.88. The van der Waals surface area contributed by atoms with Crippen LogP contribution >= 0.6 is 0 Å². The first-order valence-corrected chi connectivity index (χ1v) is 4.88. The van der Waals surface area contributed by atoms with Gasteiger partial charge in [0.05, 0.1) is 6.07 Å². The van der Waals surface area contributed by atoms with Crippen LogP contribution in [-0.4, -0.2) is 18.4 Å². The van der Waals surface area contributed by atoms with Gasteiger partial charge in [-0.1, -0.05) is 12.7 Å². The van der Waals surface area contributed by atoms with Crippen LogP contribution in [0, 0.1) is 23.2 Å². The van der Waals surface area contributed by atoms with Gasteiger partial charge in [0.15, 0.2) is 0 Å². The van der Waals surface area contributed by atoms with Crippen molar-refractivity contribution in [2.45, 2.75) is 19.3 Å². The minimum absolute atomic E-state index is 0.109. The Morgan fingerprint density at radius 1 is 1.80 bits per heavy atom. The highest BCUT2D eigenvalue weighted by molar-refractivity contribution is 5.83. The summed E-state index contributed by atoms with van der Waals surface area (Å²) in [5.74, 6) is -1.40. The predicted octanol–water partition coefficient (Wildman–Crippen LogP) is 1.22. The zero-order valence-electron chi connectivity index (χ0n) is 8.44. The van der Waals surface area contributed by atoms with E-state index < -0.39 is 11.9 Å². The molecule has 0 aromatic rings. The van der Waals surface area contributed by atoms with E-state index in [0.717, 1.165) is 0 Å². The van der Waals surface area contributed by atoms with Crippen LogP contribution in [0.3, 0.4) is 0 Å². The lowest BCUT2D eigenvalue weighted by atomic mass is 9.92. The maximum absolute atomic E-state index is 11.4. The molecule has 1 saturated carbocycles. The van der Waals surface area contributed by atoms with Crippen molar-refractivity contribution in [2.24, 2.45) is 11.8 Å². The molecule has 80 valence electrons. The first-order chi connectivity index (χ1) is 7.19. The number of hydrogen-bond donors (Lipinski definition) is 0. The smallest absolute Gasteiger partial charge is 0.323 e. The van der Waals surface area contributed by atoms with Gasteiger partial charge in [0, 0.05) is 12.8 Å². The summed E-state index contributed by atoms with van der Waals surface area (Å²) in [6, 6.07) is 1.91. The Hall–Kier alpha value is -1.63. The molecule has 0 amide bonds. The van der Waals surface area contributed by atoms with Gasteiger partial charge >= 0.3 is 5.97 Å². The van der Waals surface area contributed by atoms with Crippen LogP contribution in [0.2, 0.25) is 0 Å². The molecule has 4 nitrogen and oxygen atoms in total. The fraction of sp³-hybridized carbons (Fsp3) is 0.545. The molecule has 0 saturated heterocycles. The molecule has 0 heterocycles. The predicted molar refractivity (Wildman–Crippen MR) is 52.6 cm³/mol. The van der Waals surface area contributed by atoms with Crippen LogP contribution in [-0.2, 0) is 14.3 Å². The zero-order valence-corrected chi connectivity index (χ0v) is 8.44. The minimum atomic E-state index is -0.809. The molecule has 1 rings (SSSR count). The number of ether oxygens (including phenoxy) is 1. The average molecular weight is 207 g/mol. The van der Waals surface area contributed by atoms with Crippen LogP contribution in [0.1, 0.15) is 19.3 Å². The van der Waals surface area contributed by atoms with Gasteiger partial charge in [-0.2, -0.15) is 5.26 Å². The van der Waals surface area contributed by atoms with E-state index >= 15 is 0 Å². The Kier molecular flexibility index (Phi) is 4.04. The zero-order chi connectivity index (χ0) is 11.3. The quantitative estimate of drug-likeness (QED) is 0.513. The summed E-state index contributed by atoms with van der Waals surface area (Å²) in [5.41, 5.74) is 0. The molecular formula is C11H13NO3. The second-order valence-corrected chi connectivity index (χ2v) is 3.57. The molecule has 1 aliphatic rings. The van der Waals surface area contributed by atoms with Crippen LogP contribution in [0.15, 0.2) is 12.7 Å². The Balaban J connectivity index is 2.55. The van der Waals surface area contributed by atoms with Crippen LogP contribution in [0.25, 0.3) is 0 Å². The van der Waals surface area contributed by atoms with Crippen molar-refractivity contribution in [2.75, 3.05) is 6.61 Å². The number of nitriles is 1. The van der Waals surface area contributed by atoms with E-state index in [1.165, 1.54) is 6.08 Å². The van der Waals surface area contributed by atoms with Crippen molar-refractivity contribution in [3.8, 4) is 6.07 Å². The van der Waals surface area contributed by atoms with E-state index in [0.29, 0.717) is 19.3 Å². The summed E-state index contributed by atoms with van der Waals surface area (Å²) in [5, 5.41) is 8.85.